The monoisotopic (exact) mass is 123 g/mol. The number of aliphatic imine (C=N–C) groups is 1. The zero-order valence-electron chi connectivity index (χ0n) is 4.70. The van der Waals surface area contributed by atoms with Crippen LogP contribution in [0.4, 0.5) is 0 Å². The van der Waals surface area contributed by atoms with Crippen LogP contribution >= 0.6 is 0 Å². The summed E-state index contributed by atoms with van der Waals surface area (Å²) in [5, 5.41) is 0. The van der Waals surface area contributed by atoms with Crippen LogP contribution in [0.15, 0.2) is 17.3 Å². The molecule has 9 heavy (non-hydrogen) atoms. The molecule has 0 aliphatic carbocycles. The van der Waals surface area contributed by atoms with E-state index < -0.39 is 0 Å². The Bertz CT molecular complexity index is 203. The maximum Gasteiger partial charge on any atom is 0.188 e. The van der Waals surface area contributed by atoms with Gasteiger partial charge in [-0.3, -0.25) is 9.59 Å². The number of carbonyl (C=O) groups excluding carboxylic acids is 2. The van der Waals surface area contributed by atoms with Crippen LogP contribution in [0.5, 0.6) is 0 Å². The summed E-state index contributed by atoms with van der Waals surface area (Å²) in [4.78, 5) is 24.1. The summed E-state index contributed by atoms with van der Waals surface area (Å²) in [7, 11) is 0. The molecule has 46 valence electrons. The van der Waals surface area contributed by atoms with Crippen molar-refractivity contribution < 1.29 is 9.59 Å². The molecule has 0 aromatic heterocycles. The van der Waals surface area contributed by atoms with E-state index in [0.717, 1.165) is 0 Å². The van der Waals surface area contributed by atoms with Crippen LogP contribution in [-0.4, -0.2) is 17.8 Å². The first-order valence-electron chi connectivity index (χ1n) is 2.56. The van der Waals surface area contributed by atoms with Gasteiger partial charge in [0.05, 0.1) is 0 Å². The van der Waals surface area contributed by atoms with Crippen molar-refractivity contribution in [2.45, 2.75) is 6.42 Å². The summed E-state index contributed by atoms with van der Waals surface area (Å²) >= 11 is 0. The molecule has 0 unspecified atom stereocenters. The van der Waals surface area contributed by atoms with E-state index in [9.17, 15) is 9.59 Å². The lowest BCUT2D eigenvalue weighted by Crippen LogP contribution is -2.15. The van der Waals surface area contributed by atoms with Gasteiger partial charge in [-0.1, -0.05) is 6.08 Å². The van der Waals surface area contributed by atoms with Gasteiger partial charge in [-0.25, -0.2) is 4.99 Å². The van der Waals surface area contributed by atoms with Crippen molar-refractivity contribution >= 4 is 17.8 Å². The lowest BCUT2D eigenvalue weighted by molar-refractivity contribution is -0.113. The fraction of sp³-hybridized carbons (Fsp3) is 0.167. The SMILES string of the molecule is O=CC1=NC=CCC1=O. The van der Waals surface area contributed by atoms with Gasteiger partial charge in [-0.05, 0) is 0 Å². The molecule has 3 nitrogen and oxygen atoms in total. The van der Waals surface area contributed by atoms with Crippen molar-refractivity contribution in [3.8, 4) is 0 Å². The highest BCUT2D eigenvalue weighted by molar-refractivity contribution is 6.60. The summed E-state index contributed by atoms with van der Waals surface area (Å²) in [5.41, 5.74) is 0.0255. The maximum atomic E-state index is 10.6. The largest absolute Gasteiger partial charge is 0.296 e. The van der Waals surface area contributed by atoms with Gasteiger partial charge in [0.2, 0.25) is 0 Å². The first-order valence-corrected chi connectivity index (χ1v) is 2.56. The van der Waals surface area contributed by atoms with Gasteiger partial charge in [0.25, 0.3) is 0 Å². The Labute approximate surface area is 52.1 Å². The number of Topliss-reactive ketones (excluding diaryl/α,β-unsaturated/α-hetero) is 1. The first kappa shape index (κ1) is 5.88. The molecule has 0 radical (unpaired) electrons. The molecule has 0 saturated carbocycles. The highest BCUT2D eigenvalue weighted by atomic mass is 16.1. The number of carbonyl (C=O) groups is 2. The Morgan fingerprint density at radius 1 is 1.67 bits per heavy atom. The molecular weight excluding hydrogens is 118 g/mol. The predicted molar refractivity (Wildman–Crippen MR) is 32.3 cm³/mol. The Hall–Kier alpha value is -1.25. The fourth-order valence-corrected chi connectivity index (χ4v) is 0.565. The van der Waals surface area contributed by atoms with Gasteiger partial charge >= 0.3 is 0 Å². The molecule has 0 fully saturated rings. The van der Waals surface area contributed by atoms with Crippen LogP contribution < -0.4 is 0 Å². The van der Waals surface area contributed by atoms with Crippen molar-refractivity contribution in [1.29, 1.82) is 0 Å². The van der Waals surface area contributed by atoms with Gasteiger partial charge in [0, 0.05) is 12.6 Å². The quantitative estimate of drug-likeness (QED) is 0.464. The molecule has 3 heteroatoms. The molecule has 0 saturated heterocycles. The van der Waals surface area contributed by atoms with Crippen LogP contribution in [-0.2, 0) is 9.59 Å². The van der Waals surface area contributed by atoms with Crippen molar-refractivity contribution in [3.05, 3.63) is 12.3 Å². The van der Waals surface area contributed by atoms with Crippen molar-refractivity contribution in [1.82, 2.24) is 0 Å². The van der Waals surface area contributed by atoms with E-state index in [1.54, 1.807) is 6.08 Å². The topological polar surface area (TPSA) is 46.5 Å². The molecule has 0 amide bonds. The molecule has 0 aromatic carbocycles. The number of rotatable bonds is 1. The average molecular weight is 123 g/mol. The van der Waals surface area contributed by atoms with Crippen LogP contribution in [0.2, 0.25) is 0 Å². The number of aldehydes is 1. The standard InChI is InChI=1S/C6H5NO2/c8-4-5-6(9)2-1-3-7-5/h1,3-4H,2H2. The van der Waals surface area contributed by atoms with Crippen LogP contribution in [0, 0.1) is 0 Å². The third kappa shape index (κ3) is 1.10. The highest BCUT2D eigenvalue weighted by Crippen LogP contribution is 1.95. The third-order valence-electron chi connectivity index (χ3n) is 1.02. The molecule has 1 aliphatic rings. The normalized spacial score (nSPS) is 17.3. The Morgan fingerprint density at radius 3 is 2.89 bits per heavy atom. The van der Waals surface area contributed by atoms with Crippen molar-refractivity contribution in [2.75, 3.05) is 0 Å². The molecule has 0 aromatic rings. The number of ketones is 1. The highest BCUT2D eigenvalue weighted by Gasteiger charge is 2.09. The Balaban J connectivity index is 2.86. The molecule has 1 rings (SSSR count). The summed E-state index contributed by atoms with van der Waals surface area (Å²) in [6, 6.07) is 0. The van der Waals surface area contributed by atoms with Gasteiger partial charge < -0.3 is 0 Å². The number of nitrogens with zero attached hydrogens (tertiary/aromatic N) is 1. The molecule has 0 bridgehead atoms. The third-order valence-corrected chi connectivity index (χ3v) is 1.02. The molecule has 1 heterocycles. The summed E-state index contributed by atoms with van der Waals surface area (Å²) < 4.78 is 0. The summed E-state index contributed by atoms with van der Waals surface area (Å²) in [6.45, 7) is 0. The minimum Gasteiger partial charge on any atom is -0.296 e. The predicted octanol–water partition coefficient (Wildman–Crippen LogP) is 0.113. The van der Waals surface area contributed by atoms with E-state index in [2.05, 4.69) is 4.99 Å². The van der Waals surface area contributed by atoms with E-state index in [-0.39, 0.29) is 11.5 Å². The number of hydrogen-bond acceptors (Lipinski definition) is 3. The summed E-state index contributed by atoms with van der Waals surface area (Å²) in [5.74, 6) is -0.201. The second-order valence-corrected chi connectivity index (χ2v) is 1.64. The molecule has 0 N–H and O–H groups in total. The lowest BCUT2D eigenvalue weighted by atomic mass is 10.2. The van der Waals surface area contributed by atoms with Gasteiger partial charge in [-0.2, -0.15) is 0 Å². The van der Waals surface area contributed by atoms with Gasteiger partial charge in [0.1, 0.15) is 5.71 Å². The Kier molecular flexibility index (Phi) is 1.53. The lowest BCUT2D eigenvalue weighted by Gasteiger charge is -1.96. The second kappa shape index (κ2) is 2.35. The minimum atomic E-state index is -0.201. The van der Waals surface area contributed by atoms with E-state index in [1.165, 1.54) is 6.20 Å². The molecule has 1 aliphatic heterocycles. The van der Waals surface area contributed by atoms with E-state index in [1.807, 2.05) is 0 Å². The average Bonchev–Trinajstić information content (AvgIpc) is 1.89. The van der Waals surface area contributed by atoms with Crippen molar-refractivity contribution in [3.63, 3.8) is 0 Å². The first-order chi connectivity index (χ1) is 4.34. The summed E-state index contributed by atoms with van der Waals surface area (Å²) in [6.07, 6.45) is 3.86. The number of hydrogen-bond donors (Lipinski definition) is 0. The van der Waals surface area contributed by atoms with Gasteiger partial charge in [0.15, 0.2) is 12.1 Å². The second-order valence-electron chi connectivity index (χ2n) is 1.64. The van der Waals surface area contributed by atoms with E-state index >= 15 is 0 Å². The fourth-order valence-electron chi connectivity index (χ4n) is 0.565. The maximum absolute atomic E-state index is 10.6. The van der Waals surface area contributed by atoms with Crippen LogP contribution in [0.1, 0.15) is 6.42 Å². The number of allylic oxidation sites excluding steroid dienone is 1. The van der Waals surface area contributed by atoms with E-state index in [0.29, 0.717) is 12.7 Å². The molecule has 0 spiro atoms. The van der Waals surface area contributed by atoms with Crippen LogP contribution in [0.25, 0.3) is 0 Å². The van der Waals surface area contributed by atoms with E-state index in [4.69, 9.17) is 0 Å². The smallest absolute Gasteiger partial charge is 0.188 e. The zero-order chi connectivity index (χ0) is 6.69. The zero-order valence-corrected chi connectivity index (χ0v) is 4.70. The van der Waals surface area contributed by atoms with Crippen LogP contribution in [0.3, 0.4) is 0 Å². The minimum absolute atomic E-state index is 0.0255. The van der Waals surface area contributed by atoms with Crippen molar-refractivity contribution in [2.24, 2.45) is 4.99 Å². The Morgan fingerprint density at radius 2 is 2.44 bits per heavy atom. The van der Waals surface area contributed by atoms with Gasteiger partial charge in [-0.15, -0.1) is 0 Å². The molecule has 0 atom stereocenters. The molecular formula is C6H5NO2.